The zero-order valence-electron chi connectivity index (χ0n) is 17.5. The van der Waals surface area contributed by atoms with Crippen LogP contribution in [0.2, 0.25) is 0 Å². The molecular formula is C25H22N2O4S. The maximum absolute atomic E-state index is 12.6. The van der Waals surface area contributed by atoms with Crippen LogP contribution in [-0.4, -0.2) is 35.5 Å². The largest absolute Gasteiger partial charge is 0.465 e. The number of thioether (sulfide) groups is 1. The number of methoxy groups -OCH3 is 1. The molecule has 1 unspecified atom stereocenters. The van der Waals surface area contributed by atoms with Gasteiger partial charge in [-0.2, -0.15) is 0 Å². The lowest BCUT2D eigenvalue weighted by Gasteiger charge is -2.24. The van der Waals surface area contributed by atoms with Crippen LogP contribution in [0.3, 0.4) is 0 Å². The van der Waals surface area contributed by atoms with Gasteiger partial charge in [-0.1, -0.05) is 42.5 Å². The molecule has 4 rings (SSSR count). The van der Waals surface area contributed by atoms with E-state index < -0.39 is 5.97 Å². The van der Waals surface area contributed by atoms with Gasteiger partial charge in [-0.3, -0.25) is 9.59 Å². The Morgan fingerprint density at radius 2 is 1.62 bits per heavy atom. The first-order valence-corrected chi connectivity index (χ1v) is 11.1. The van der Waals surface area contributed by atoms with Crippen LogP contribution in [0.1, 0.15) is 37.2 Å². The quantitative estimate of drug-likeness (QED) is 0.565. The number of carbonyl (C=O) groups is 3. The zero-order valence-corrected chi connectivity index (χ0v) is 18.3. The standard InChI is InChI=1S/C25H22N2O4S/c1-31-25(30)20-11-13-21(14-12-20)26-23(29)18-7-9-19(10-8-18)24-27(22(28)16-32-24)15-17-5-3-2-4-6-17/h2-14,24H,15-16H2,1H3,(H,26,29). The Balaban J connectivity index is 1.43. The molecular weight excluding hydrogens is 424 g/mol. The van der Waals surface area contributed by atoms with Gasteiger partial charge in [0.15, 0.2) is 0 Å². The lowest BCUT2D eigenvalue weighted by molar-refractivity contribution is -0.128. The maximum atomic E-state index is 12.6. The molecule has 1 aliphatic heterocycles. The Morgan fingerprint density at radius 1 is 0.969 bits per heavy atom. The van der Waals surface area contributed by atoms with Crippen LogP contribution in [0.25, 0.3) is 0 Å². The Morgan fingerprint density at radius 3 is 2.28 bits per heavy atom. The van der Waals surface area contributed by atoms with E-state index in [-0.39, 0.29) is 17.2 Å². The molecule has 3 aromatic rings. The molecule has 3 aromatic carbocycles. The molecule has 1 atom stereocenters. The van der Waals surface area contributed by atoms with Crippen LogP contribution >= 0.6 is 11.8 Å². The lowest BCUT2D eigenvalue weighted by atomic mass is 10.1. The van der Waals surface area contributed by atoms with Crippen molar-refractivity contribution >= 4 is 35.2 Å². The Kier molecular flexibility index (Phi) is 6.56. The van der Waals surface area contributed by atoms with Crippen molar-refractivity contribution in [1.29, 1.82) is 0 Å². The smallest absolute Gasteiger partial charge is 0.337 e. The number of esters is 1. The fourth-order valence-electron chi connectivity index (χ4n) is 3.49. The van der Waals surface area contributed by atoms with E-state index >= 15 is 0 Å². The highest BCUT2D eigenvalue weighted by molar-refractivity contribution is 8.00. The molecule has 2 amide bonds. The number of anilines is 1. The van der Waals surface area contributed by atoms with E-state index in [0.717, 1.165) is 11.1 Å². The average Bonchev–Trinajstić information content (AvgIpc) is 3.19. The SMILES string of the molecule is COC(=O)c1ccc(NC(=O)c2ccc(C3SCC(=O)N3Cc3ccccc3)cc2)cc1. The molecule has 0 spiro atoms. The molecule has 6 nitrogen and oxygen atoms in total. The van der Waals surface area contributed by atoms with Gasteiger partial charge in [-0.25, -0.2) is 4.79 Å². The summed E-state index contributed by atoms with van der Waals surface area (Å²) in [5.74, 6) is -0.121. The van der Waals surface area contributed by atoms with E-state index in [1.807, 2.05) is 47.4 Å². The third-order valence-electron chi connectivity index (χ3n) is 5.19. The van der Waals surface area contributed by atoms with Crippen LogP contribution in [0.5, 0.6) is 0 Å². The van der Waals surface area contributed by atoms with Crippen molar-refractivity contribution < 1.29 is 19.1 Å². The second-order valence-electron chi connectivity index (χ2n) is 7.32. The zero-order chi connectivity index (χ0) is 22.5. The Bertz CT molecular complexity index is 1110. The number of nitrogens with one attached hydrogen (secondary N) is 1. The third kappa shape index (κ3) is 4.84. The van der Waals surface area contributed by atoms with Crippen molar-refractivity contribution in [1.82, 2.24) is 4.90 Å². The van der Waals surface area contributed by atoms with Crippen LogP contribution in [0.4, 0.5) is 5.69 Å². The van der Waals surface area contributed by atoms with Crippen LogP contribution in [0.15, 0.2) is 78.9 Å². The molecule has 1 N–H and O–H groups in total. The van der Waals surface area contributed by atoms with Gasteiger partial charge in [0.1, 0.15) is 5.37 Å². The summed E-state index contributed by atoms with van der Waals surface area (Å²) in [4.78, 5) is 38.4. The average molecular weight is 447 g/mol. The molecule has 1 fully saturated rings. The molecule has 1 aliphatic rings. The second kappa shape index (κ2) is 9.70. The Hall–Kier alpha value is -3.58. The van der Waals surface area contributed by atoms with E-state index in [4.69, 9.17) is 0 Å². The van der Waals surface area contributed by atoms with Crippen molar-refractivity contribution in [3.63, 3.8) is 0 Å². The highest BCUT2D eigenvalue weighted by Crippen LogP contribution is 2.39. The summed E-state index contributed by atoms with van der Waals surface area (Å²) in [5, 5.41) is 2.74. The Labute approximate surface area is 190 Å². The number of benzene rings is 3. The molecule has 0 aromatic heterocycles. The topological polar surface area (TPSA) is 75.7 Å². The predicted octanol–water partition coefficient (Wildman–Crippen LogP) is 4.50. The summed E-state index contributed by atoms with van der Waals surface area (Å²) in [6.45, 7) is 0.557. The van der Waals surface area contributed by atoms with E-state index in [1.54, 1.807) is 48.2 Å². The van der Waals surface area contributed by atoms with Crippen LogP contribution < -0.4 is 5.32 Å². The van der Waals surface area contributed by atoms with Crippen molar-refractivity contribution in [2.45, 2.75) is 11.9 Å². The molecule has 0 aliphatic carbocycles. The summed E-state index contributed by atoms with van der Waals surface area (Å²) < 4.78 is 4.67. The first kappa shape index (κ1) is 21.6. The van der Waals surface area contributed by atoms with Gasteiger partial charge >= 0.3 is 5.97 Å². The van der Waals surface area contributed by atoms with E-state index in [9.17, 15) is 14.4 Å². The van der Waals surface area contributed by atoms with Crippen molar-refractivity contribution in [3.05, 3.63) is 101 Å². The highest BCUT2D eigenvalue weighted by Gasteiger charge is 2.32. The lowest BCUT2D eigenvalue weighted by Crippen LogP contribution is -2.27. The third-order valence-corrected chi connectivity index (χ3v) is 6.44. The van der Waals surface area contributed by atoms with Gasteiger partial charge in [0, 0.05) is 17.8 Å². The van der Waals surface area contributed by atoms with Crippen LogP contribution in [-0.2, 0) is 16.1 Å². The molecule has 1 saturated heterocycles. The number of rotatable bonds is 6. The van der Waals surface area contributed by atoms with Gasteiger partial charge in [0.2, 0.25) is 5.91 Å². The molecule has 7 heteroatoms. The first-order chi connectivity index (χ1) is 15.5. The summed E-state index contributed by atoms with van der Waals surface area (Å²) in [6.07, 6.45) is 0. The fourth-order valence-corrected chi connectivity index (χ4v) is 4.68. The number of carbonyl (C=O) groups excluding carboxylic acids is 3. The minimum atomic E-state index is -0.428. The number of ether oxygens (including phenoxy) is 1. The molecule has 0 bridgehead atoms. The van der Waals surface area contributed by atoms with Crippen molar-refractivity contribution in [2.24, 2.45) is 0 Å². The maximum Gasteiger partial charge on any atom is 0.337 e. The number of hydrogen-bond acceptors (Lipinski definition) is 5. The van der Waals surface area contributed by atoms with Gasteiger partial charge in [0.05, 0.1) is 18.4 Å². The summed E-state index contributed by atoms with van der Waals surface area (Å²) >= 11 is 1.59. The summed E-state index contributed by atoms with van der Waals surface area (Å²) in [5.41, 5.74) is 3.57. The molecule has 0 saturated carbocycles. The van der Waals surface area contributed by atoms with Gasteiger partial charge in [-0.05, 0) is 47.5 Å². The second-order valence-corrected chi connectivity index (χ2v) is 8.38. The minimum Gasteiger partial charge on any atom is -0.465 e. The van der Waals surface area contributed by atoms with Crippen molar-refractivity contribution in [2.75, 3.05) is 18.2 Å². The number of amides is 2. The minimum absolute atomic E-state index is 0.0781. The summed E-state index contributed by atoms with van der Waals surface area (Å²) in [7, 11) is 1.32. The molecule has 162 valence electrons. The van der Waals surface area contributed by atoms with E-state index in [1.165, 1.54) is 7.11 Å². The molecule has 1 heterocycles. The monoisotopic (exact) mass is 446 g/mol. The van der Waals surface area contributed by atoms with Gasteiger partial charge in [0.25, 0.3) is 5.91 Å². The number of hydrogen-bond donors (Lipinski definition) is 1. The first-order valence-electron chi connectivity index (χ1n) is 10.1. The normalized spacial score (nSPS) is 15.5. The highest BCUT2D eigenvalue weighted by atomic mass is 32.2. The van der Waals surface area contributed by atoms with Crippen molar-refractivity contribution in [3.8, 4) is 0 Å². The predicted molar refractivity (Wildman–Crippen MR) is 124 cm³/mol. The number of nitrogens with zero attached hydrogens (tertiary/aromatic N) is 1. The van der Waals surface area contributed by atoms with Crippen LogP contribution in [0, 0.1) is 0 Å². The molecule has 0 radical (unpaired) electrons. The van der Waals surface area contributed by atoms with Gasteiger partial charge < -0.3 is 15.0 Å². The van der Waals surface area contributed by atoms with E-state index in [0.29, 0.717) is 29.1 Å². The fraction of sp³-hybridized carbons (Fsp3) is 0.160. The van der Waals surface area contributed by atoms with E-state index in [2.05, 4.69) is 10.1 Å². The summed E-state index contributed by atoms with van der Waals surface area (Å²) in [6, 6.07) is 23.7. The van der Waals surface area contributed by atoms with Gasteiger partial charge in [-0.15, -0.1) is 11.8 Å². The molecule has 32 heavy (non-hydrogen) atoms.